The molecule has 0 bridgehead atoms. The molecule has 0 radical (unpaired) electrons. The Bertz CT molecular complexity index is 466. The molecule has 1 aromatic carbocycles. The lowest BCUT2D eigenvalue weighted by molar-refractivity contribution is -0.137. The minimum atomic E-state index is -4.47. The van der Waals surface area contributed by atoms with Crippen molar-refractivity contribution in [2.45, 2.75) is 38.1 Å². The van der Waals surface area contributed by atoms with Gasteiger partial charge in [0, 0.05) is 16.9 Å². The zero-order valence-electron chi connectivity index (χ0n) is 11.7. The van der Waals surface area contributed by atoms with Gasteiger partial charge in [0.2, 0.25) is 5.91 Å². The second-order valence-corrected chi connectivity index (χ2v) is 7.22. The first-order chi connectivity index (χ1) is 9.09. The van der Waals surface area contributed by atoms with E-state index in [0.717, 1.165) is 6.07 Å². The predicted octanol–water partition coefficient (Wildman–Crippen LogP) is 4.57. The zero-order valence-corrected chi connectivity index (χ0v) is 12.5. The summed E-state index contributed by atoms with van der Waals surface area (Å²) in [5.74, 6) is 0.169. The number of hydrogen-bond donors (Lipinski definition) is 1. The van der Waals surface area contributed by atoms with Gasteiger partial charge in [-0.1, -0.05) is 32.9 Å². The van der Waals surface area contributed by atoms with Crippen LogP contribution in [0.1, 0.15) is 32.8 Å². The summed E-state index contributed by atoms with van der Waals surface area (Å²) in [6, 6.07) is 4.99. The molecule has 0 aliphatic heterocycles. The molecule has 0 saturated carbocycles. The monoisotopic (exact) mass is 305 g/mol. The van der Waals surface area contributed by atoms with E-state index in [2.05, 4.69) is 5.32 Å². The van der Waals surface area contributed by atoms with Crippen molar-refractivity contribution >= 4 is 23.4 Å². The first-order valence-electron chi connectivity index (χ1n) is 6.19. The summed E-state index contributed by atoms with van der Waals surface area (Å²) < 4.78 is 38.3. The SMILES string of the molecule is CC(C)(C)SCCC(=O)Nc1ccccc1C(F)(F)F. The van der Waals surface area contributed by atoms with Crippen molar-refractivity contribution in [1.82, 2.24) is 0 Å². The maximum atomic E-state index is 12.8. The first kappa shape index (κ1) is 16.9. The Morgan fingerprint density at radius 2 is 1.80 bits per heavy atom. The van der Waals surface area contributed by atoms with Gasteiger partial charge in [-0.15, -0.1) is 0 Å². The van der Waals surface area contributed by atoms with E-state index >= 15 is 0 Å². The highest BCUT2D eigenvalue weighted by Gasteiger charge is 2.33. The second kappa shape index (κ2) is 6.52. The van der Waals surface area contributed by atoms with Gasteiger partial charge in [0.1, 0.15) is 0 Å². The lowest BCUT2D eigenvalue weighted by atomic mass is 10.1. The average molecular weight is 305 g/mol. The number of para-hydroxylation sites is 1. The van der Waals surface area contributed by atoms with Crippen molar-refractivity contribution in [3.8, 4) is 0 Å². The van der Waals surface area contributed by atoms with Gasteiger partial charge in [0.05, 0.1) is 11.3 Å². The maximum Gasteiger partial charge on any atom is 0.418 e. The molecule has 2 nitrogen and oxygen atoms in total. The van der Waals surface area contributed by atoms with E-state index in [9.17, 15) is 18.0 Å². The summed E-state index contributed by atoms with van der Waals surface area (Å²) in [5, 5.41) is 2.33. The number of anilines is 1. The van der Waals surface area contributed by atoms with Gasteiger partial charge in [-0.3, -0.25) is 4.79 Å². The number of thioether (sulfide) groups is 1. The van der Waals surface area contributed by atoms with Gasteiger partial charge >= 0.3 is 6.18 Å². The van der Waals surface area contributed by atoms with Gasteiger partial charge in [-0.05, 0) is 12.1 Å². The number of rotatable bonds is 4. The first-order valence-corrected chi connectivity index (χ1v) is 7.18. The normalized spacial score (nSPS) is 12.3. The van der Waals surface area contributed by atoms with Gasteiger partial charge < -0.3 is 5.32 Å². The van der Waals surface area contributed by atoms with E-state index < -0.39 is 17.6 Å². The number of carbonyl (C=O) groups excluding carboxylic acids is 1. The average Bonchev–Trinajstić information content (AvgIpc) is 2.26. The Morgan fingerprint density at radius 3 is 2.35 bits per heavy atom. The highest BCUT2D eigenvalue weighted by atomic mass is 32.2. The summed E-state index contributed by atoms with van der Waals surface area (Å²) in [4.78, 5) is 11.7. The van der Waals surface area contributed by atoms with Crippen LogP contribution in [-0.2, 0) is 11.0 Å². The quantitative estimate of drug-likeness (QED) is 0.883. The van der Waals surface area contributed by atoms with E-state index in [1.165, 1.54) is 18.2 Å². The van der Waals surface area contributed by atoms with Crippen LogP contribution in [0, 0.1) is 0 Å². The lowest BCUT2D eigenvalue weighted by Crippen LogP contribution is -2.18. The topological polar surface area (TPSA) is 29.1 Å². The fourth-order valence-electron chi connectivity index (χ4n) is 1.50. The third kappa shape index (κ3) is 5.86. The van der Waals surface area contributed by atoms with Crippen molar-refractivity contribution in [3.05, 3.63) is 29.8 Å². The van der Waals surface area contributed by atoms with Crippen LogP contribution < -0.4 is 5.32 Å². The Balaban J connectivity index is 2.63. The van der Waals surface area contributed by atoms with Crippen LogP contribution >= 0.6 is 11.8 Å². The number of alkyl halides is 3. The molecule has 0 heterocycles. The van der Waals surface area contributed by atoms with Crippen molar-refractivity contribution in [2.75, 3.05) is 11.1 Å². The van der Waals surface area contributed by atoms with Gasteiger partial charge in [-0.25, -0.2) is 0 Å². The largest absolute Gasteiger partial charge is 0.418 e. The van der Waals surface area contributed by atoms with Crippen molar-refractivity contribution in [1.29, 1.82) is 0 Å². The molecule has 1 amide bonds. The molecule has 0 spiro atoms. The minimum absolute atomic E-state index is 0.0319. The highest BCUT2D eigenvalue weighted by molar-refractivity contribution is 8.00. The number of nitrogens with one attached hydrogen (secondary N) is 1. The summed E-state index contributed by atoms with van der Waals surface area (Å²) in [6.07, 6.45) is -4.28. The number of hydrogen-bond acceptors (Lipinski definition) is 2. The zero-order chi connectivity index (χ0) is 15.4. The van der Waals surface area contributed by atoms with Crippen LogP contribution in [0.2, 0.25) is 0 Å². The predicted molar refractivity (Wildman–Crippen MR) is 76.9 cm³/mol. The smallest absolute Gasteiger partial charge is 0.325 e. The number of halogens is 3. The van der Waals surface area contributed by atoms with Crippen LogP contribution in [0.25, 0.3) is 0 Å². The van der Waals surface area contributed by atoms with Crippen molar-refractivity contribution in [2.24, 2.45) is 0 Å². The van der Waals surface area contributed by atoms with Crippen molar-refractivity contribution in [3.63, 3.8) is 0 Å². The molecule has 0 aromatic heterocycles. The molecule has 0 atom stereocenters. The molecule has 0 fully saturated rings. The number of benzene rings is 1. The molecule has 1 aromatic rings. The Hall–Kier alpha value is -1.17. The molecule has 112 valence electrons. The molecule has 0 aliphatic carbocycles. The molecule has 1 rings (SSSR count). The highest BCUT2D eigenvalue weighted by Crippen LogP contribution is 2.34. The summed E-state index contributed by atoms with van der Waals surface area (Å²) >= 11 is 1.60. The molecule has 6 heteroatoms. The Kier molecular flexibility index (Phi) is 5.50. The molecule has 20 heavy (non-hydrogen) atoms. The summed E-state index contributed by atoms with van der Waals surface area (Å²) in [5.41, 5.74) is -1.01. The van der Waals surface area contributed by atoms with E-state index in [1.807, 2.05) is 20.8 Å². The minimum Gasteiger partial charge on any atom is -0.325 e. The molecule has 0 unspecified atom stereocenters. The standard InChI is InChI=1S/C14H18F3NOS/c1-13(2,3)20-9-8-12(19)18-11-7-5-4-6-10(11)14(15,16)17/h4-7H,8-9H2,1-3H3,(H,18,19). The fraction of sp³-hybridized carbons (Fsp3) is 0.500. The summed E-state index contributed by atoms with van der Waals surface area (Å²) in [6.45, 7) is 6.07. The van der Waals surface area contributed by atoms with Crippen LogP contribution in [0.4, 0.5) is 18.9 Å². The van der Waals surface area contributed by atoms with E-state index in [4.69, 9.17) is 0 Å². The summed E-state index contributed by atoms with van der Waals surface area (Å²) in [7, 11) is 0. The fourth-order valence-corrected chi connectivity index (χ4v) is 2.40. The van der Waals surface area contributed by atoms with E-state index in [-0.39, 0.29) is 16.9 Å². The molecule has 0 saturated heterocycles. The van der Waals surface area contributed by atoms with Gasteiger partial charge in [0.15, 0.2) is 0 Å². The molecule has 0 aliphatic rings. The van der Waals surface area contributed by atoms with Crippen LogP contribution in [0.15, 0.2) is 24.3 Å². The van der Waals surface area contributed by atoms with Crippen LogP contribution in [0.5, 0.6) is 0 Å². The van der Waals surface area contributed by atoms with Crippen LogP contribution in [-0.4, -0.2) is 16.4 Å². The van der Waals surface area contributed by atoms with Crippen molar-refractivity contribution < 1.29 is 18.0 Å². The maximum absolute atomic E-state index is 12.8. The van der Waals surface area contributed by atoms with Gasteiger partial charge in [0.25, 0.3) is 0 Å². The third-order valence-electron chi connectivity index (χ3n) is 2.37. The van der Waals surface area contributed by atoms with Crippen LogP contribution in [0.3, 0.4) is 0 Å². The Morgan fingerprint density at radius 1 is 1.20 bits per heavy atom. The molecular weight excluding hydrogens is 287 g/mol. The van der Waals surface area contributed by atoms with E-state index in [1.54, 1.807) is 11.8 Å². The number of amides is 1. The van der Waals surface area contributed by atoms with Gasteiger partial charge in [-0.2, -0.15) is 24.9 Å². The molecule has 1 N–H and O–H groups in total. The number of carbonyl (C=O) groups is 1. The van der Waals surface area contributed by atoms with E-state index in [0.29, 0.717) is 5.75 Å². The lowest BCUT2D eigenvalue weighted by Gasteiger charge is -2.17. The second-order valence-electron chi connectivity index (χ2n) is 5.30. The third-order valence-corrected chi connectivity index (χ3v) is 3.65. The molecular formula is C14H18F3NOS. The Labute approximate surface area is 121 Å².